The molecule has 0 saturated heterocycles. The second kappa shape index (κ2) is 7.46. The van der Waals surface area contributed by atoms with Crippen LogP contribution in [0.4, 0.5) is 5.69 Å². The average Bonchev–Trinajstić information content (AvgIpc) is 2.58. The van der Waals surface area contributed by atoms with Gasteiger partial charge < -0.3 is 10.1 Å². The molecule has 0 aliphatic rings. The third-order valence-electron chi connectivity index (χ3n) is 3.69. The highest BCUT2D eigenvalue weighted by Crippen LogP contribution is 2.22. The second-order valence-corrected chi connectivity index (χ2v) is 6.78. The molecule has 0 bridgehead atoms. The molecule has 128 valence electrons. The molecule has 0 saturated carbocycles. The molecule has 0 atom stereocenters. The van der Waals surface area contributed by atoms with Gasteiger partial charge in [-0.3, -0.25) is 0 Å². The van der Waals surface area contributed by atoms with E-state index >= 15 is 0 Å². The molecule has 0 unspecified atom stereocenters. The number of nitrogens with one attached hydrogen (secondary N) is 1. The molecule has 2 aromatic rings. The Morgan fingerprint density at radius 3 is 2.42 bits per heavy atom. The molecule has 0 spiro atoms. The lowest BCUT2D eigenvalue weighted by molar-refractivity contribution is 0.0601. The van der Waals surface area contributed by atoms with Crippen LogP contribution in [0.2, 0.25) is 0 Å². The number of rotatable bonds is 6. The fourth-order valence-electron chi connectivity index (χ4n) is 2.40. The van der Waals surface area contributed by atoms with Crippen LogP contribution in [0.1, 0.15) is 28.4 Å². The van der Waals surface area contributed by atoms with Gasteiger partial charge in [0.1, 0.15) is 0 Å². The van der Waals surface area contributed by atoms with E-state index in [0.717, 1.165) is 12.0 Å². The molecule has 6 nitrogen and oxygen atoms in total. The van der Waals surface area contributed by atoms with Crippen LogP contribution in [0, 0.1) is 0 Å². The Balaban J connectivity index is 2.34. The van der Waals surface area contributed by atoms with E-state index in [1.165, 1.54) is 30.9 Å². The van der Waals surface area contributed by atoms with E-state index in [9.17, 15) is 13.2 Å². The number of sulfonamides is 1. The number of ether oxygens (including phenoxy) is 1. The first-order valence-electron chi connectivity index (χ1n) is 7.42. The van der Waals surface area contributed by atoms with Crippen molar-refractivity contribution >= 4 is 21.7 Å². The van der Waals surface area contributed by atoms with Gasteiger partial charge in [-0.1, -0.05) is 31.2 Å². The van der Waals surface area contributed by atoms with Crippen LogP contribution >= 0.6 is 0 Å². The highest BCUT2D eigenvalue weighted by molar-refractivity contribution is 7.89. The lowest BCUT2D eigenvalue weighted by atomic mass is 10.1. The highest BCUT2D eigenvalue weighted by atomic mass is 32.2. The Labute approximate surface area is 141 Å². The number of carbonyl (C=O) groups excluding carboxylic acids is 1. The molecule has 24 heavy (non-hydrogen) atoms. The first-order chi connectivity index (χ1) is 11.4. The number of hydrogen-bond donors (Lipinski definition) is 2. The predicted molar refractivity (Wildman–Crippen MR) is 92.3 cm³/mol. The number of methoxy groups -OCH3 is 1. The van der Waals surface area contributed by atoms with Gasteiger partial charge in [-0.25, -0.2) is 18.4 Å². The summed E-state index contributed by atoms with van der Waals surface area (Å²) >= 11 is 0. The zero-order valence-electron chi connectivity index (χ0n) is 13.6. The maximum absolute atomic E-state index is 12.0. The summed E-state index contributed by atoms with van der Waals surface area (Å²) < 4.78 is 27.7. The van der Waals surface area contributed by atoms with Crippen molar-refractivity contribution < 1.29 is 17.9 Å². The summed E-state index contributed by atoms with van der Waals surface area (Å²) in [6.45, 7) is 2.57. The van der Waals surface area contributed by atoms with Gasteiger partial charge in [0.25, 0.3) is 0 Å². The number of anilines is 1. The normalized spacial score (nSPS) is 11.1. The number of benzene rings is 2. The molecule has 7 heteroatoms. The minimum atomic E-state index is -3.90. The zero-order chi connectivity index (χ0) is 17.7. The van der Waals surface area contributed by atoms with Gasteiger partial charge in [-0.05, 0) is 35.7 Å². The summed E-state index contributed by atoms with van der Waals surface area (Å²) in [5.74, 6) is -0.633. The van der Waals surface area contributed by atoms with Gasteiger partial charge in [-0.15, -0.1) is 0 Å². The van der Waals surface area contributed by atoms with Crippen LogP contribution < -0.4 is 10.5 Å². The van der Waals surface area contributed by atoms with Gasteiger partial charge in [0.15, 0.2) is 0 Å². The van der Waals surface area contributed by atoms with E-state index in [0.29, 0.717) is 12.2 Å². The van der Waals surface area contributed by atoms with Gasteiger partial charge in [0, 0.05) is 12.2 Å². The molecule has 0 amide bonds. The van der Waals surface area contributed by atoms with Crippen molar-refractivity contribution in [3.63, 3.8) is 0 Å². The minimum Gasteiger partial charge on any atom is -0.465 e. The molecule has 2 rings (SSSR count). The second-order valence-electron chi connectivity index (χ2n) is 5.22. The summed E-state index contributed by atoms with van der Waals surface area (Å²) in [5, 5.41) is 8.28. The van der Waals surface area contributed by atoms with Gasteiger partial charge in [0.05, 0.1) is 17.6 Å². The standard InChI is InChI=1S/C17H20N2O4S/c1-3-12-6-4-5-7-13(12)11-19-16-9-8-14(24(18,21)22)10-15(16)17(20)23-2/h4-10,19H,3,11H2,1-2H3,(H2,18,21,22). The summed E-state index contributed by atoms with van der Waals surface area (Å²) in [6.07, 6.45) is 0.895. The van der Waals surface area contributed by atoms with Gasteiger partial charge >= 0.3 is 5.97 Å². The Morgan fingerprint density at radius 1 is 1.17 bits per heavy atom. The smallest absolute Gasteiger partial charge is 0.340 e. The predicted octanol–water partition coefficient (Wildman–Crippen LogP) is 2.30. The molecule has 0 aliphatic heterocycles. The summed E-state index contributed by atoms with van der Waals surface area (Å²) in [6, 6.07) is 12.1. The largest absolute Gasteiger partial charge is 0.465 e. The quantitative estimate of drug-likeness (QED) is 0.781. The number of hydrogen-bond acceptors (Lipinski definition) is 5. The molecule has 0 aromatic heterocycles. The van der Waals surface area contributed by atoms with Crippen molar-refractivity contribution in [3.8, 4) is 0 Å². The Kier molecular flexibility index (Phi) is 5.58. The van der Waals surface area contributed by atoms with Crippen molar-refractivity contribution in [1.29, 1.82) is 0 Å². The third-order valence-corrected chi connectivity index (χ3v) is 4.60. The van der Waals surface area contributed by atoms with E-state index in [4.69, 9.17) is 9.88 Å². The Morgan fingerprint density at radius 2 is 1.83 bits per heavy atom. The molecule has 3 N–H and O–H groups in total. The van der Waals surface area contributed by atoms with Crippen molar-refractivity contribution in [2.75, 3.05) is 12.4 Å². The van der Waals surface area contributed by atoms with Crippen LogP contribution in [0.25, 0.3) is 0 Å². The van der Waals surface area contributed by atoms with Crippen molar-refractivity contribution in [1.82, 2.24) is 0 Å². The summed E-state index contributed by atoms with van der Waals surface area (Å²) in [5.41, 5.74) is 2.91. The first-order valence-corrected chi connectivity index (χ1v) is 8.97. The van der Waals surface area contributed by atoms with E-state index < -0.39 is 16.0 Å². The maximum Gasteiger partial charge on any atom is 0.340 e. The molecule has 0 heterocycles. The Hall–Kier alpha value is -2.38. The highest BCUT2D eigenvalue weighted by Gasteiger charge is 2.17. The Bertz CT molecular complexity index is 847. The molecule has 2 aromatic carbocycles. The number of carbonyl (C=O) groups is 1. The van der Waals surface area contributed by atoms with Gasteiger partial charge in [0.2, 0.25) is 10.0 Å². The molecule has 0 radical (unpaired) electrons. The van der Waals surface area contributed by atoms with Crippen LogP contribution in [0.5, 0.6) is 0 Å². The lowest BCUT2D eigenvalue weighted by Crippen LogP contribution is -2.15. The number of primary sulfonamides is 1. The maximum atomic E-state index is 12.0. The van der Waals surface area contributed by atoms with E-state index in [-0.39, 0.29) is 10.5 Å². The summed E-state index contributed by atoms with van der Waals surface area (Å²) in [7, 11) is -2.66. The minimum absolute atomic E-state index is 0.123. The first kappa shape index (κ1) is 18.0. The molecule has 0 aliphatic carbocycles. The number of esters is 1. The van der Waals surface area contributed by atoms with Crippen molar-refractivity contribution in [3.05, 3.63) is 59.2 Å². The monoisotopic (exact) mass is 348 g/mol. The zero-order valence-corrected chi connectivity index (χ0v) is 14.4. The number of aryl methyl sites for hydroxylation is 1. The number of nitrogens with two attached hydrogens (primary N) is 1. The third kappa shape index (κ3) is 4.12. The lowest BCUT2D eigenvalue weighted by Gasteiger charge is -2.14. The van der Waals surface area contributed by atoms with Crippen LogP contribution in [0.3, 0.4) is 0 Å². The fraction of sp³-hybridized carbons (Fsp3) is 0.235. The fourth-order valence-corrected chi connectivity index (χ4v) is 2.94. The van der Waals surface area contributed by atoms with Crippen molar-refractivity contribution in [2.24, 2.45) is 5.14 Å². The van der Waals surface area contributed by atoms with Crippen molar-refractivity contribution in [2.45, 2.75) is 24.8 Å². The van der Waals surface area contributed by atoms with E-state index in [1.54, 1.807) is 0 Å². The summed E-state index contributed by atoms with van der Waals surface area (Å²) in [4.78, 5) is 11.8. The SMILES string of the molecule is CCc1ccccc1CNc1ccc(S(N)(=O)=O)cc1C(=O)OC. The molecular formula is C17H20N2O4S. The van der Waals surface area contributed by atoms with Crippen LogP contribution in [0.15, 0.2) is 47.4 Å². The van der Waals surface area contributed by atoms with E-state index in [1.807, 2.05) is 24.3 Å². The van der Waals surface area contributed by atoms with Crippen LogP contribution in [-0.2, 0) is 27.7 Å². The average molecular weight is 348 g/mol. The molecule has 0 fully saturated rings. The van der Waals surface area contributed by atoms with E-state index in [2.05, 4.69) is 12.2 Å². The van der Waals surface area contributed by atoms with Gasteiger partial charge in [-0.2, -0.15) is 0 Å². The topological polar surface area (TPSA) is 98.5 Å². The van der Waals surface area contributed by atoms with Crippen LogP contribution in [-0.4, -0.2) is 21.5 Å². The molecular weight excluding hydrogens is 328 g/mol.